The highest BCUT2D eigenvalue weighted by molar-refractivity contribution is 5.85. The Morgan fingerprint density at radius 1 is 1.29 bits per heavy atom. The Balaban J connectivity index is 3.49. The summed E-state index contributed by atoms with van der Waals surface area (Å²) in [5.74, 6) is -0.477. The van der Waals surface area contributed by atoms with E-state index in [1.807, 2.05) is 0 Å². The van der Waals surface area contributed by atoms with Crippen LogP contribution in [0.3, 0.4) is 0 Å². The number of hydrogen-bond acceptors (Lipinski definition) is 3. The van der Waals surface area contributed by atoms with Crippen molar-refractivity contribution >= 4 is 11.8 Å². The maximum atomic E-state index is 11.0. The zero-order valence-electron chi connectivity index (χ0n) is 8.67. The molecule has 0 aromatic carbocycles. The van der Waals surface area contributed by atoms with Crippen molar-refractivity contribution in [2.24, 2.45) is 5.92 Å². The molecule has 2 amide bonds. The molecule has 0 saturated carbocycles. The predicted octanol–water partition coefficient (Wildman–Crippen LogP) is -0.743. The average molecular weight is 202 g/mol. The second-order valence-corrected chi connectivity index (χ2v) is 3.30. The number of carbonyl (C=O) groups excluding carboxylic acids is 2. The summed E-state index contributed by atoms with van der Waals surface area (Å²) in [7, 11) is 0. The number of aliphatic hydroxyl groups excluding tert-OH is 1. The first kappa shape index (κ1) is 12.9. The van der Waals surface area contributed by atoms with Crippen LogP contribution in [-0.2, 0) is 9.59 Å². The van der Waals surface area contributed by atoms with Crippen molar-refractivity contribution in [2.45, 2.75) is 20.3 Å². The number of hydrogen-bond donors (Lipinski definition) is 3. The van der Waals surface area contributed by atoms with E-state index in [4.69, 9.17) is 5.11 Å². The van der Waals surface area contributed by atoms with Crippen LogP contribution in [0.5, 0.6) is 0 Å². The Morgan fingerprint density at radius 3 is 2.43 bits per heavy atom. The van der Waals surface area contributed by atoms with E-state index in [1.54, 1.807) is 13.8 Å². The average Bonchev–Trinajstić information content (AvgIpc) is 2.14. The first-order chi connectivity index (χ1) is 6.57. The number of amides is 2. The fraction of sp³-hybridized carbons (Fsp3) is 0.778. The van der Waals surface area contributed by atoms with Gasteiger partial charge in [-0.05, 0) is 6.42 Å². The normalized spacial score (nSPS) is 10.0. The Hall–Kier alpha value is -1.10. The van der Waals surface area contributed by atoms with Crippen LogP contribution in [0.2, 0.25) is 0 Å². The molecule has 82 valence electrons. The highest BCUT2D eigenvalue weighted by Crippen LogP contribution is 1.89. The Bertz CT molecular complexity index is 192. The number of nitrogens with one attached hydrogen (secondary N) is 2. The van der Waals surface area contributed by atoms with Crippen LogP contribution in [0.25, 0.3) is 0 Å². The maximum Gasteiger partial charge on any atom is 0.239 e. The van der Waals surface area contributed by atoms with Crippen molar-refractivity contribution in [3.63, 3.8) is 0 Å². The lowest BCUT2D eigenvalue weighted by molar-refractivity contribution is -0.127. The van der Waals surface area contributed by atoms with Crippen molar-refractivity contribution in [2.75, 3.05) is 19.7 Å². The largest absolute Gasteiger partial charge is 0.396 e. The quantitative estimate of drug-likeness (QED) is 0.496. The van der Waals surface area contributed by atoms with E-state index in [9.17, 15) is 9.59 Å². The van der Waals surface area contributed by atoms with E-state index in [0.717, 1.165) is 0 Å². The van der Waals surface area contributed by atoms with E-state index in [2.05, 4.69) is 10.6 Å². The number of carbonyl (C=O) groups is 2. The van der Waals surface area contributed by atoms with Gasteiger partial charge >= 0.3 is 0 Å². The van der Waals surface area contributed by atoms with Crippen molar-refractivity contribution in [1.29, 1.82) is 0 Å². The van der Waals surface area contributed by atoms with Crippen LogP contribution in [0.1, 0.15) is 20.3 Å². The molecule has 3 N–H and O–H groups in total. The van der Waals surface area contributed by atoms with Gasteiger partial charge in [0.05, 0.1) is 6.54 Å². The Morgan fingerprint density at radius 2 is 1.93 bits per heavy atom. The van der Waals surface area contributed by atoms with Crippen LogP contribution in [-0.4, -0.2) is 36.6 Å². The summed E-state index contributed by atoms with van der Waals surface area (Å²) in [6.07, 6.45) is 0.532. The molecular weight excluding hydrogens is 184 g/mol. The van der Waals surface area contributed by atoms with E-state index in [1.165, 1.54) is 0 Å². The summed E-state index contributed by atoms with van der Waals surface area (Å²) in [5.41, 5.74) is 0. The van der Waals surface area contributed by atoms with Gasteiger partial charge in [0.15, 0.2) is 0 Å². The van der Waals surface area contributed by atoms with Crippen molar-refractivity contribution in [3.05, 3.63) is 0 Å². The number of rotatable bonds is 6. The van der Waals surface area contributed by atoms with Crippen LogP contribution < -0.4 is 10.6 Å². The van der Waals surface area contributed by atoms with E-state index in [0.29, 0.717) is 13.0 Å². The van der Waals surface area contributed by atoms with Gasteiger partial charge < -0.3 is 15.7 Å². The van der Waals surface area contributed by atoms with Crippen LogP contribution >= 0.6 is 0 Å². The van der Waals surface area contributed by atoms with Gasteiger partial charge in [-0.25, -0.2) is 0 Å². The van der Waals surface area contributed by atoms with E-state index < -0.39 is 0 Å². The molecule has 14 heavy (non-hydrogen) atoms. The zero-order chi connectivity index (χ0) is 11.0. The van der Waals surface area contributed by atoms with Crippen molar-refractivity contribution < 1.29 is 14.7 Å². The van der Waals surface area contributed by atoms with Gasteiger partial charge in [-0.15, -0.1) is 0 Å². The van der Waals surface area contributed by atoms with Gasteiger partial charge in [-0.1, -0.05) is 13.8 Å². The molecule has 0 heterocycles. The molecule has 0 aliphatic carbocycles. The first-order valence-corrected chi connectivity index (χ1v) is 4.73. The summed E-state index contributed by atoms with van der Waals surface area (Å²) in [4.78, 5) is 22.1. The molecule has 5 nitrogen and oxygen atoms in total. The highest BCUT2D eigenvalue weighted by Gasteiger charge is 2.07. The molecule has 0 aromatic heterocycles. The molecule has 0 aliphatic heterocycles. The molecule has 0 radical (unpaired) electrons. The third-order valence-corrected chi connectivity index (χ3v) is 1.60. The molecule has 0 atom stereocenters. The minimum Gasteiger partial charge on any atom is -0.396 e. The fourth-order valence-electron chi connectivity index (χ4n) is 0.741. The third-order valence-electron chi connectivity index (χ3n) is 1.60. The molecule has 0 unspecified atom stereocenters. The first-order valence-electron chi connectivity index (χ1n) is 4.73. The van der Waals surface area contributed by atoms with Crippen LogP contribution in [0.15, 0.2) is 0 Å². The van der Waals surface area contributed by atoms with Gasteiger partial charge in [-0.3, -0.25) is 9.59 Å². The topological polar surface area (TPSA) is 78.4 Å². The van der Waals surface area contributed by atoms with Crippen molar-refractivity contribution in [1.82, 2.24) is 10.6 Å². The molecule has 0 spiro atoms. The molecule has 0 fully saturated rings. The second kappa shape index (κ2) is 7.32. The summed E-state index contributed by atoms with van der Waals surface area (Å²) >= 11 is 0. The highest BCUT2D eigenvalue weighted by atomic mass is 16.3. The molecule has 0 aromatic rings. The predicted molar refractivity (Wildman–Crippen MR) is 52.6 cm³/mol. The standard InChI is InChI=1S/C9H18N2O3/c1-7(2)9(14)11-6-8(13)10-4-3-5-12/h7,12H,3-6H2,1-2H3,(H,10,13)(H,11,14). The minimum absolute atomic E-state index is 0.00242. The summed E-state index contributed by atoms with van der Waals surface area (Å²) in [5, 5.41) is 13.5. The molecule has 0 aliphatic rings. The van der Waals surface area contributed by atoms with Gasteiger partial charge in [-0.2, -0.15) is 0 Å². The lowest BCUT2D eigenvalue weighted by atomic mass is 10.2. The number of aliphatic hydroxyl groups is 1. The lowest BCUT2D eigenvalue weighted by Crippen LogP contribution is -2.38. The maximum absolute atomic E-state index is 11.0. The van der Waals surface area contributed by atoms with Gasteiger partial charge in [0.2, 0.25) is 11.8 Å². The lowest BCUT2D eigenvalue weighted by Gasteiger charge is -2.07. The Labute approximate surface area is 83.9 Å². The third kappa shape index (κ3) is 6.42. The fourth-order valence-corrected chi connectivity index (χ4v) is 0.741. The smallest absolute Gasteiger partial charge is 0.239 e. The van der Waals surface area contributed by atoms with Crippen LogP contribution in [0, 0.1) is 5.92 Å². The monoisotopic (exact) mass is 202 g/mol. The molecule has 0 rings (SSSR count). The molecule has 5 heteroatoms. The SMILES string of the molecule is CC(C)C(=O)NCC(=O)NCCCO. The van der Waals surface area contributed by atoms with Gasteiger partial charge in [0.25, 0.3) is 0 Å². The van der Waals surface area contributed by atoms with Crippen LogP contribution in [0.4, 0.5) is 0 Å². The van der Waals surface area contributed by atoms with Crippen molar-refractivity contribution in [3.8, 4) is 0 Å². The summed E-state index contributed by atoms with van der Waals surface area (Å²) < 4.78 is 0. The minimum atomic E-state index is -0.229. The van der Waals surface area contributed by atoms with E-state index >= 15 is 0 Å². The van der Waals surface area contributed by atoms with E-state index in [-0.39, 0.29) is 30.9 Å². The summed E-state index contributed by atoms with van der Waals surface area (Å²) in [6.45, 7) is 4.02. The molecule has 0 bridgehead atoms. The summed E-state index contributed by atoms with van der Waals surface area (Å²) in [6, 6.07) is 0. The van der Waals surface area contributed by atoms with Gasteiger partial charge in [0.1, 0.15) is 0 Å². The second-order valence-electron chi connectivity index (χ2n) is 3.30. The zero-order valence-corrected chi connectivity index (χ0v) is 8.67. The molecular formula is C9H18N2O3. The molecule has 0 saturated heterocycles. The Kier molecular flexibility index (Phi) is 6.74. The van der Waals surface area contributed by atoms with Gasteiger partial charge in [0, 0.05) is 19.1 Å².